The van der Waals surface area contributed by atoms with Crippen LogP contribution in [0.1, 0.15) is 259 Å². The average Bonchev–Trinajstić information content (AvgIpc) is 0.758. The van der Waals surface area contributed by atoms with E-state index in [1.54, 1.807) is 0 Å². The lowest BCUT2D eigenvalue weighted by Gasteiger charge is -2.51. The third-order valence-electron chi connectivity index (χ3n) is 20.8. The number of hydrogen-bond acceptors (Lipinski definition) is 27. The van der Waals surface area contributed by atoms with E-state index in [2.05, 4.69) is 29.8 Å². The number of carboxylic acid groups (broad SMARTS) is 2. The number of aliphatic hydroxyl groups excluding tert-OH is 14. The van der Waals surface area contributed by atoms with Crippen molar-refractivity contribution >= 4 is 29.7 Å². The molecule has 4 aliphatic heterocycles. The van der Waals surface area contributed by atoms with E-state index < -0.39 is 216 Å². The van der Waals surface area contributed by atoms with E-state index in [-0.39, 0.29) is 12.3 Å². The summed E-state index contributed by atoms with van der Waals surface area (Å²) in [6, 6.07) is -4.64. The van der Waals surface area contributed by atoms with Crippen molar-refractivity contribution in [2.45, 2.75) is 405 Å². The van der Waals surface area contributed by atoms with E-state index in [4.69, 9.17) is 37.9 Å². The maximum atomic E-state index is 13.6. The Labute approximate surface area is 624 Å². The molecule has 19 N–H and O–H groups in total. The predicted molar refractivity (Wildman–Crippen MR) is 381 cm³/mol. The molecule has 32 nitrogen and oxygen atoms in total. The Morgan fingerprint density at radius 1 is 0.472 bits per heavy atom. The standard InChI is InChI=1S/C74H135N3O29/c1-5-7-9-11-13-15-17-19-20-21-22-23-24-26-28-30-32-34-36-38-56(88)77-48(49(84)37-35-33-31-29-27-25-18-16-14-12-10-8-6-2)45-99-69-63(93)62(92)65(55(44-81)101-69)102-70-64(94)68(60(90)53(42-79)100-70)106-74(72(97)98)40-51(86)58(76-47(4)83)67(105-74)61(91)54(43-80)103-73(71(95)96)39-50(85)57(75-46(3)82)66(104-73)59(89)52(87)41-78/h48-55,57-70,78-81,84-87,89-94H,5-45H2,1-4H3,(H,75,82)(H,76,83)(H,77,88)(H,95,96)(H,97,98). The Bertz CT molecular complexity index is 2430. The molecular formula is C74H135N3O29. The Kier molecular flexibility index (Phi) is 45.8. The van der Waals surface area contributed by atoms with E-state index in [1.165, 1.54) is 141 Å². The van der Waals surface area contributed by atoms with Crippen molar-refractivity contribution in [2.75, 3.05) is 33.0 Å². The Morgan fingerprint density at radius 2 is 0.887 bits per heavy atom. The number of aliphatic hydroxyl groups is 14. The van der Waals surface area contributed by atoms with Crippen LogP contribution in [0.25, 0.3) is 0 Å². The Morgan fingerprint density at radius 3 is 1.31 bits per heavy atom. The quantitative estimate of drug-likeness (QED) is 0.0388. The molecule has 24 unspecified atom stereocenters. The van der Waals surface area contributed by atoms with Gasteiger partial charge in [0.25, 0.3) is 11.6 Å². The number of hydrogen-bond donors (Lipinski definition) is 19. The maximum Gasteiger partial charge on any atom is 0.364 e. The van der Waals surface area contributed by atoms with Crippen LogP contribution in [0.3, 0.4) is 0 Å². The number of carbonyl (C=O) groups excluding carboxylic acids is 3. The van der Waals surface area contributed by atoms with Gasteiger partial charge in [0.15, 0.2) is 12.6 Å². The third kappa shape index (κ3) is 30.9. The van der Waals surface area contributed by atoms with E-state index in [1.807, 2.05) is 0 Å². The molecule has 0 bridgehead atoms. The van der Waals surface area contributed by atoms with Crippen LogP contribution >= 0.6 is 0 Å². The van der Waals surface area contributed by atoms with Gasteiger partial charge >= 0.3 is 11.9 Å². The largest absolute Gasteiger partial charge is 0.477 e. The van der Waals surface area contributed by atoms with Gasteiger partial charge in [0, 0.05) is 33.1 Å². The summed E-state index contributed by atoms with van der Waals surface area (Å²) < 4.78 is 46.6. The SMILES string of the molecule is CCCCCCCCCCCCCCCCCCCCCC(=O)NC(COC1OC(CO)C(OC2OC(CO)C(O)C(OC3(C(=O)O)CC(O)C(NC(C)=O)C(C(O)C(CO)OC4(C(=O)O)CC(O)C(NC(C)=O)C(C(O)C(O)CO)O4)O3)C2O)C(O)C1O)C(O)CCCCCCCCCCCCCCC. The summed E-state index contributed by atoms with van der Waals surface area (Å²) in [6.07, 6.45) is -4.38. The molecule has 24 atom stereocenters. The molecule has 4 aliphatic rings. The summed E-state index contributed by atoms with van der Waals surface area (Å²) in [5, 5.41) is 185. The fourth-order valence-corrected chi connectivity index (χ4v) is 14.5. The van der Waals surface area contributed by atoms with Gasteiger partial charge in [0.2, 0.25) is 17.7 Å². The van der Waals surface area contributed by atoms with Crippen molar-refractivity contribution in [3.63, 3.8) is 0 Å². The molecule has 0 aromatic heterocycles. The molecule has 0 spiro atoms. The first-order chi connectivity index (χ1) is 50.7. The van der Waals surface area contributed by atoms with Gasteiger partial charge in [-0.1, -0.05) is 213 Å². The highest BCUT2D eigenvalue weighted by atomic mass is 16.8. The molecule has 0 aromatic rings. The van der Waals surface area contributed by atoms with Gasteiger partial charge in [0.05, 0.1) is 69.5 Å². The third-order valence-corrected chi connectivity index (χ3v) is 20.8. The second kappa shape index (κ2) is 51.2. The number of ether oxygens (including phenoxy) is 8. The molecule has 4 fully saturated rings. The van der Waals surface area contributed by atoms with Gasteiger partial charge in [-0.3, -0.25) is 14.4 Å². The van der Waals surface area contributed by atoms with Crippen LogP contribution in [0.4, 0.5) is 0 Å². The smallest absolute Gasteiger partial charge is 0.364 e. The van der Waals surface area contributed by atoms with E-state index in [0.717, 1.165) is 65.2 Å². The van der Waals surface area contributed by atoms with Crippen LogP contribution in [0, 0.1) is 0 Å². The van der Waals surface area contributed by atoms with Gasteiger partial charge in [0.1, 0.15) is 85.5 Å². The maximum absolute atomic E-state index is 13.6. The Hall–Kier alpha value is -3.53. The molecule has 0 radical (unpaired) electrons. The molecule has 0 aliphatic carbocycles. The van der Waals surface area contributed by atoms with Crippen molar-refractivity contribution in [3.05, 3.63) is 0 Å². The monoisotopic (exact) mass is 1530 g/mol. The minimum atomic E-state index is -3.39. The number of rotatable bonds is 57. The van der Waals surface area contributed by atoms with Crippen LogP contribution in [0.5, 0.6) is 0 Å². The topological polar surface area (TPSA) is 519 Å². The summed E-state index contributed by atoms with van der Waals surface area (Å²) in [7, 11) is 0. The fraction of sp³-hybridized carbons (Fsp3) is 0.932. The molecule has 4 heterocycles. The number of amides is 3. The highest BCUT2D eigenvalue weighted by Crippen LogP contribution is 2.41. The molecule has 3 amide bonds. The summed E-state index contributed by atoms with van der Waals surface area (Å²) in [5.41, 5.74) is 0. The fourth-order valence-electron chi connectivity index (χ4n) is 14.5. The number of nitrogens with one attached hydrogen (secondary N) is 3. The molecule has 32 heteroatoms. The molecule has 106 heavy (non-hydrogen) atoms. The van der Waals surface area contributed by atoms with Crippen molar-refractivity contribution < 1.29 is 144 Å². The van der Waals surface area contributed by atoms with Gasteiger partial charge in [-0.15, -0.1) is 0 Å². The van der Waals surface area contributed by atoms with Crippen LogP contribution in [-0.4, -0.2) is 290 Å². The summed E-state index contributed by atoms with van der Waals surface area (Å²) in [4.78, 5) is 65.1. The molecule has 620 valence electrons. The van der Waals surface area contributed by atoms with Gasteiger partial charge in [-0.25, -0.2) is 9.59 Å². The summed E-state index contributed by atoms with van der Waals surface area (Å²) >= 11 is 0. The number of unbranched alkanes of at least 4 members (excludes halogenated alkanes) is 30. The minimum absolute atomic E-state index is 0.180. The zero-order valence-electron chi connectivity index (χ0n) is 63.2. The van der Waals surface area contributed by atoms with Crippen LogP contribution in [0.15, 0.2) is 0 Å². The number of carboxylic acids is 2. The second-order valence-electron chi connectivity index (χ2n) is 29.7. The molecular weight excluding hydrogens is 1390 g/mol. The van der Waals surface area contributed by atoms with Crippen LogP contribution in [0.2, 0.25) is 0 Å². The molecule has 4 saturated heterocycles. The first-order valence-electron chi connectivity index (χ1n) is 39.5. The lowest BCUT2D eigenvalue weighted by Crippen LogP contribution is -2.72. The first kappa shape index (κ1) is 94.8. The van der Waals surface area contributed by atoms with E-state index in [9.17, 15) is 106 Å². The lowest BCUT2D eigenvalue weighted by atomic mass is 9.87. The van der Waals surface area contributed by atoms with Gasteiger partial charge < -0.3 is 136 Å². The Balaban J connectivity index is 1.45. The van der Waals surface area contributed by atoms with E-state index in [0.29, 0.717) is 19.3 Å². The van der Waals surface area contributed by atoms with Crippen LogP contribution < -0.4 is 16.0 Å². The minimum Gasteiger partial charge on any atom is -0.477 e. The molecule has 0 aromatic carbocycles. The number of aliphatic carboxylic acids is 2. The van der Waals surface area contributed by atoms with Crippen molar-refractivity contribution in [1.29, 1.82) is 0 Å². The lowest BCUT2D eigenvalue weighted by molar-refractivity contribution is -0.388. The molecule has 0 saturated carbocycles. The normalized spacial score (nSPS) is 30.9. The van der Waals surface area contributed by atoms with E-state index >= 15 is 0 Å². The van der Waals surface area contributed by atoms with Gasteiger partial charge in [-0.05, 0) is 12.8 Å². The summed E-state index contributed by atoms with van der Waals surface area (Å²) in [5.74, 6) is -13.1. The number of carbonyl (C=O) groups is 5. The van der Waals surface area contributed by atoms with Crippen molar-refractivity contribution in [2.24, 2.45) is 0 Å². The highest BCUT2D eigenvalue weighted by molar-refractivity contribution is 5.78. The van der Waals surface area contributed by atoms with Crippen LogP contribution in [-0.2, 0) is 61.9 Å². The first-order valence-corrected chi connectivity index (χ1v) is 39.5. The highest BCUT2D eigenvalue weighted by Gasteiger charge is 2.62. The molecule has 4 rings (SSSR count). The van der Waals surface area contributed by atoms with Crippen molar-refractivity contribution in [1.82, 2.24) is 16.0 Å². The van der Waals surface area contributed by atoms with Gasteiger partial charge in [-0.2, -0.15) is 0 Å². The zero-order valence-corrected chi connectivity index (χ0v) is 63.2. The summed E-state index contributed by atoms with van der Waals surface area (Å²) in [6.45, 7) is 1.21. The van der Waals surface area contributed by atoms with Crippen molar-refractivity contribution in [3.8, 4) is 0 Å². The zero-order chi connectivity index (χ0) is 78.4. The second-order valence-corrected chi connectivity index (χ2v) is 29.7. The predicted octanol–water partition coefficient (Wildman–Crippen LogP) is 2.12. The average molecular weight is 1530 g/mol.